The van der Waals surface area contributed by atoms with Crippen LogP contribution in [0.3, 0.4) is 0 Å². The highest BCUT2D eigenvalue weighted by Gasteiger charge is 2.49. The number of alkyl halides is 2. The highest BCUT2D eigenvalue weighted by Crippen LogP contribution is 2.42. The molecule has 7 nitrogen and oxygen atoms in total. The number of likely N-dealkylation sites (tertiary alicyclic amines) is 1. The number of carbonyl (C=O) groups excluding carboxylic acids is 2. The molecule has 1 saturated heterocycles. The minimum absolute atomic E-state index is 0.0311. The lowest BCUT2D eigenvalue weighted by molar-refractivity contribution is -0.286. The lowest BCUT2D eigenvalue weighted by atomic mass is 9.95. The molecule has 2 aliphatic rings. The van der Waals surface area contributed by atoms with Crippen LogP contribution in [0.25, 0.3) is 0 Å². The first-order valence-electron chi connectivity index (χ1n) is 7.30. The van der Waals surface area contributed by atoms with Gasteiger partial charge in [-0.2, -0.15) is 0 Å². The van der Waals surface area contributed by atoms with Gasteiger partial charge in [-0.3, -0.25) is 9.59 Å². The molecule has 0 aliphatic carbocycles. The van der Waals surface area contributed by atoms with E-state index in [4.69, 9.17) is 10.5 Å². The summed E-state index contributed by atoms with van der Waals surface area (Å²) in [5.74, 6) is -1.56. The number of halogens is 2. The maximum Gasteiger partial charge on any atom is 0.586 e. The molecule has 0 aromatic heterocycles. The van der Waals surface area contributed by atoms with Gasteiger partial charge in [0.05, 0.1) is 6.61 Å². The molecule has 0 bridgehead atoms. The molecule has 0 spiro atoms. The Morgan fingerprint density at radius 3 is 2.71 bits per heavy atom. The third kappa shape index (κ3) is 2.54. The van der Waals surface area contributed by atoms with Crippen molar-refractivity contribution in [1.82, 2.24) is 4.90 Å². The van der Waals surface area contributed by atoms with E-state index in [0.29, 0.717) is 19.4 Å². The van der Waals surface area contributed by atoms with Crippen LogP contribution in [-0.4, -0.2) is 48.8 Å². The summed E-state index contributed by atoms with van der Waals surface area (Å²) >= 11 is 0. The highest BCUT2D eigenvalue weighted by atomic mass is 19.3. The van der Waals surface area contributed by atoms with Gasteiger partial charge in [0.2, 0.25) is 5.91 Å². The minimum atomic E-state index is -3.76. The number of carbonyl (C=O) groups is 2. The summed E-state index contributed by atoms with van der Waals surface area (Å²) in [5, 5.41) is 0. The number of primary amides is 1. The van der Waals surface area contributed by atoms with Gasteiger partial charge in [-0.05, 0) is 31.0 Å². The van der Waals surface area contributed by atoms with Crippen molar-refractivity contribution in [3.63, 3.8) is 0 Å². The molecule has 1 fully saturated rings. The molecular formula is C15H16F2N2O5. The normalized spacial score (nSPS) is 24.2. The van der Waals surface area contributed by atoms with Gasteiger partial charge in [0, 0.05) is 19.2 Å². The molecule has 24 heavy (non-hydrogen) atoms. The lowest BCUT2D eigenvalue weighted by Gasteiger charge is -2.35. The van der Waals surface area contributed by atoms with E-state index < -0.39 is 23.6 Å². The van der Waals surface area contributed by atoms with Crippen LogP contribution in [0.5, 0.6) is 11.5 Å². The van der Waals surface area contributed by atoms with E-state index in [2.05, 4.69) is 9.47 Å². The number of nitrogens with two attached hydrogens (primary N) is 1. The Kier molecular flexibility index (Phi) is 3.83. The Bertz CT molecular complexity index is 696. The Balaban J connectivity index is 1.91. The first kappa shape index (κ1) is 16.4. The summed E-state index contributed by atoms with van der Waals surface area (Å²) in [6.07, 6.45) is -2.80. The van der Waals surface area contributed by atoms with Crippen molar-refractivity contribution < 1.29 is 32.6 Å². The van der Waals surface area contributed by atoms with E-state index in [-0.39, 0.29) is 23.7 Å². The number of amides is 2. The summed E-state index contributed by atoms with van der Waals surface area (Å²) in [7, 11) is 1.41. The number of ether oxygens (including phenoxy) is 3. The van der Waals surface area contributed by atoms with Crippen molar-refractivity contribution >= 4 is 11.8 Å². The molecule has 1 aromatic carbocycles. The minimum Gasteiger partial charge on any atom is -0.395 e. The molecule has 3 rings (SSSR count). The largest absolute Gasteiger partial charge is 0.586 e. The maximum absolute atomic E-state index is 13.1. The zero-order chi connectivity index (χ0) is 17.5. The average molecular weight is 342 g/mol. The average Bonchev–Trinajstić information content (AvgIpc) is 3.06. The molecule has 2 amide bonds. The third-order valence-electron chi connectivity index (χ3n) is 4.22. The van der Waals surface area contributed by atoms with Gasteiger partial charge in [0.25, 0.3) is 5.91 Å². The molecule has 1 aromatic rings. The summed E-state index contributed by atoms with van der Waals surface area (Å²) in [6, 6.07) is 3.72. The van der Waals surface area contributed by atoms with Crippen molar-refractivity contribution in [2.24, 2.45) is 5.73 Å². The number of fused-ring (bicyclic) bond motifs is 1. The van der Waals surface area contributed by atoms with E-state index >= 15 is 0 Å². The van der Waals surface area contributed by atoms with Crippen LogP contribution in [0, 0.1) is 0 Å². The molecule has 2 heterocycles. The van der Waals surface area contributed by atoms with Crippen LogP contribution >= 0.6 is 0 Å². The molecular weight excluding hydrogens is 326 g/mol. The van der Waals surface area contributed by atoms with Crippen LogP contribution in [0.4, 0.5) is 8.78 Å². The van der Waals surface area contributed by atoms with Crippen LogP contribution in [0.15, 0.2) is 18.2 Å². The van der Waals surface area contributed by atoms with E-state index in [1.54, 1.807) is 0 Å². The first-order valence-corrected chi connectivity index (χ1v) is 7.30. The second-order valence-corrected chi connectivity index (χ2v) is 5.72. The van der Waals surface area contributed by atoms with Crippen LogP contribution < -0.4 is 15.2 Å². The second-order valence-electron chi connectivity index (χ2n) is 5.72. The maximum atomic E-state index is 13.1. The topological polar surface area (TPSA) is 91.1 Å². The number of nitrogens with zero attached hydrogens (tertiary/aromatic N) is 1. The van der Waals surface area contributed by atoms with E-state index in [1.165, 1.54) is 24.1 Å². The highest BCUT2D eigenvalue weighted by molar-refractivity contribution is 6.00. The zero-order valence-corrected chi connectivity index (χ0v) is 12.9. The van der Waals surface area contributed by atoms with Gasteiger partial charge in [0.1, 0.15) is 5.54 Å². The standard InChI is InChI=1S/C15H16F2N2O5/c1-22-8-14(13(18)21)5-2-6-19(14)12(20)9-3-4-10-11(7-9)24-15(16,17)23-10/h3-4,7H,2,5-6,8H2,1H3,(H2,18,21). The summed E-state index contributed by atoms with van der Waals surface area (Å²) < 4.78 is 39.9. The molecule has 2 aliphatic heterocycles. The Morgan fingerprint density at radius 2 is 2.04 bits per heavy atom. The number of hydrogen-bond donors (Lipinski definition) is 1. The lowest BCUT2D eigenvalue weighted by Crippen LogP contribution is -2.58. The van der Waals surface area contributed by atoms with Gasteiger partial charge < -0.3 is 24.8 Å². The van der Waals surface area contributed by atoms with Crippen molar-refractivity contribution in [3.05, 3.63) is 23.8 Å². The smallest absolute Gasteiger partial charge is 0.395 e. The fourth-order valence-electron chi connectivity index (χ4n) is 3.13. The summed E-state index contributed by atoms with van der Waals surface area (Å²) in [4.78, 5) is 26.0. The van der Waals surface area contributed by atoms with Crippen LogP contribution in [0.2, 0.25) is 0 Å². The van der Waals surface area contributed by atoms with E-state index in [0.717, 1.165) is 6.07 Å². The number of hydrogen-bond acceptors (Lipinski definition) is 5. The van der Waals surface area contributed by atoms with Crippen molar-refractivity contribution in [1.29, 1.82) is 0 Å². The van der Waals surface area contributed by atoms with Gasteiger partial charge in [0.15, 0.2) is 11.5 Å². The number of methoxy groups -OCH3 is 1. The Hall–Kier alpha value is -2.42. The Labute approximate surface area is 136 Å². The van der Waals surface area contributed by atoms with Gasteiger partial charge in [-0.25, -0.2) is 0 Å². The zero-order valence-electron chi connectivity index (χ0n) is 12.9. The van der Waals surface area contributed by atoms with Crippen molar-refractivity contribution in [3.8, 4) is 11.5 Å². The molecule has 9 heteroatoms. The Morgan fingerprint density at radius 1 is 1.33 bits per heavy atom. The third-order valence-corrected chi connectivity index (χ3v) is 4.22. The van der Waals surface area contributed by atoms with Gasteiger partial charge in [-0.15, -0.1) is 8.78 Å². The first-order chi connectivity index (χ1) is 11.3. The van der Waals surface area contributed by atoms with E-state index in [1.807, 2.05) is 0 Å². The van der Waals surface area contributed by atoms with Crippen molar-refractivity contribution in [2.45, 2.75) is 24.7 Å². The fourth-order valence-corrected chi connectivity index (χ4v) is 3.13. The van der Waals surface area contributed by atoms with Crippen molar-refractivity contribution in [2.75, 3.05) is 20.3 Å². The molecule has 1 unspecified atom stereocenters. The molecule has 2 N–H and O–H groups in total. The van der Waals surface area contributed by atoms with Crippen LogP contribution in [0.1, 0.15) is 23.2 Å². The molecule has 0 saturated carbocycles. The second kappa shape index (κ2) is 5.59. The fraction of sp³-hybridized carbons (Fsp3) is 0.467. The summed E-state index contributed by atoms with van der Waals surface area (Å²) in [5.41, 5.74) is 4.35. The predicted molar refractivity (Wildman–Crippen MR) is 76.7 cm³/mol. The van der Waals surface area contributed by atoms with E-state index in [9.17, 15) is 18.4 Å². The quantitative estimate of drug-likeness (QED) is 0.885. The van der Waals surface area contributed by atoms with Crippen LogP contribution in [-0.2, 0) is 9.53 Å². The monoisotopic (exact) mass is 342 g/mol. The molecule has 1 atom stereocenters. The SMILES string of the molecule is COCC1(C(N)=O)CCCN1C(=O)c1ccc2c(c1)OC(F)(F)O2. The molecule has 130 valence electrons. The number of rotatable bonds is 4. The predicted octanol–water partition coefficient (Wildman–Crippen LogP) is 1.11. The summed E-state index contributed by atoms with van der Waals surface area (Å²) in [6.45, 7) is 0.284. The van der Waals surface area contributed by atoms with Gasteiger partial charge >= 0.3 is 6.29 Å². The van der Waals surface area contributed by atoms with Gasteiger partial charge in [-0.1, -0.05) is 0 Å². The molecule has 0 radical (unpaired) electrons. The number of benzene rings is 1.